The lowest BCUT2D eigenvalue weighted by Crippen LogP contribution is -2.43. The molecular weight excluding hydrogens is 272 g/mol. The number of amides is 1. The Hall–Kier alpha value is -2.35. The number of hydrogen-bond acceptors (Lipinski definition) is 6. The van der Waals surface area contributed by atoms with Crippen molar-refractivity contribution >= 4 is 5.91 Å². The zero-order valence-electron chi connectivity index (χ0n) is 11.7. The number of aromatic nitrogens is 5. The summed E-state index contributed by atoms with van der Waals surface area (Å²) in [6.45, 7) is 2.70. The van der Waals surface area contributed by atoms with Crippen LogP contribution >= 0.6 is 0 Å². The maximum Gasteiger partial charge on any atom is 0.252 e. The number of hydrogen-bond donors (Lipinski definition) is 2. The van der Waals surface area contributed by atoms with Crippen LogP contribution in [0.4, 0.5) is 0 Å². The van der Waals surface area contributed by atoms with Crippen molar-refractivity contribution in [3.8, 4) is 11.5 Å². The van der Waals surface area contributed by atoms with Gasteiger partial charge in [-0.25, -0.2) is 9.97 Å². The number of carbonyl (C=O) groups excluding carboxylic acids is 1. The summed E-state index contributed by atoms with van der Waals surface area (Å²) in [5.41, 5.74) is -0.147. The van der Waals surface area contributed by atoms with Crippen LogP contribution in [0.5, 0.6) is 0 Å². The third-order valence-corrected chi connectivity index (χ3v) is 3.44. The molecule has 0 aliphatic carbocycles. The maximum atomic E-state index is 12.1. The molecule has 110 valence electrons. The SMILES string of the molecule is C[C@]1(C(=O)NCc2nc(-c3cnccn3)n[nH]2)CCCO1. The fraction of sp³-hybridized carbons (Fsp3) is 0.462. The van der Waals surface area contributed by atoms with Crippen LogP contribution in [0.25, 0.3) is 11.5 Å². The van der Waals surface area contributed by atoms with Gasteiger partial charge in [-0.05, 0) is 19.8 Å². The molecule has 1 saturated heterocycles. The standard InChI is InChI=1S/C13H16N6O2/c1-13(3-2-6-21-13)12(20)16-8-10-17-11(19-18-10)9-7-14-4-5-15-9/h4-5,7H,2-3,6,8H2,1H3,(H,16,20)(H,17,18,19)/t13-/m1/s1. The highest BCUT2D eigenvalue weighted by Gasteiger charge is 2.37. The third-order valence-electron chi connectivity index (χ3n) is 3.44. The maximum absolute atomic E-state index is 12.1. The van der Waals surface area contributed by atoms with Crippen LogP contribution in [-0.4, -0.2) is 43.3 Å². The number of nitrogens with one attached hydrogen (secondary N) is 2. The Bertz CT molecular complexity index is 621. The average Bonchev–Trinajstić information content (AvgIpc) is 3.15. The quantitative estimate of drug-likeness (QED) is 0.846. The number of nitrogens with zero attached hydrogens (tertiary/aromatic N) is 4. The van der Waals surface area contributed by atoms with Crippen LogP contribution in [0, 0.1) is 0 Å². The van der Waals surface area contributed by atoms with Gasteiger partial charge in [-0.1, -0.05) is 0 Å². The van der Waals surface area contributed by atoms with Gasteiger partial charge < -0.3 is 10.1 Å². The molecule has 21 heavy (non-hydrogen) atoms. The molecule has 0 spiro atoms. The molecule has 1 fully saturated rings. The second kappa shape index (κ2) is 5.57. The van der Waals surface area contributed by atoms with Crippen LogP contribution in [-0.2, 0) is 16.1 Å². The summed E-state index contributed by atoms with van der Waals surface area (Å²) in [6.07, 6.45) is 6.38. The van der Waals surface area contributed by atoms with Crippen LogP contribution in [0.3, 0.4) is 0 Å². The highest BCUT2D eigenvalue weighted by molar-refractivity contribution is 5.84. The molecular formula is C13H16N6O2. The first kappa shape index (κ1) is 13.6. The number of rotatable bonds is 4. The summed E-state index contributed by atoms with van der Waals surface area (Å²) in [4.78, 5) is 24.5. The van der Waals surface area contributed by atoms with Gasteiger partial charge in [0.05, 0.1) is 12.7 Å². The minimum Gasteiger partial charge on any atom is -0.365 e. The van der Waals surface area contributed by atoms with E-state index >= 15 is 0 Å². The van der Waals surface area contributed by atoms with Gasteiger partial charge in [-0.2, -0.15) is 5.10 Å². The smallest absolute Gasteiger partial charge is 0.252 e. The van der Waals surface area contributed by atoms with E-state index in [9.17, 15) is 4.79 Å². The summed E-state index contributed by atoms with van der Waals surface area (Å²) in [7, 11) is 0. The molecule has 0 aromatic carbocycles. The lowest BCUT2D eigenvalue weighted by atomic mass is 10.0. The third kappa shape index (κ3) is 2.89. The van der Waals surface area contributed by atoms with Crippen LogP contribution < -0.4 is 5.32 Å². The molecule has 2 aromatic heterocycles. The Morgan fingerprint density at radius 2 is 2.43 bits per heavy atom. The van der Waals surface area contributed by atoms with Gasteiger partial charge in [0.25, 0.3) is 5.91 Å². The molecule has 0 radical (unpaired) electrons. The minimum absolute atomic E-state index is 0.127. The van der Waals surface area contributed by atoms with Crippen molar-refractivity contribution in [3.63, 3.8) is 0 Å². The molecule has 3 rings (SSSR count). The van der Waals surface area contributed by atoms with Crippen molar-refractivity contribution in [1.29, 1.82) is 0 Å². The number of carbonyl (C=O) groups is 1. The van der Waals surface area contributed by atoms with Crippen LogP contribution in [0.1, 0.15) is 25.6 Å². The van der Waals surface area contributed by atoms with Crippen molar-refractivity contribution in [2.24, 2.45) is 0 Å². The second-order valence-corrected chi connectivity index (χ2v) is 5.06. The van der Waals surface area contributed by atoms with Crippen molar-refractivity contribution < 1.29 is 9.53 Å². The first-order valence-electron chi connectivity index (χ1n) is 6.77. The fourth-order valence-corrected chi connectivity index (χ4v) is 2.21. The topological polar surface area (TPSA) is 106 Å². The summed E-state index contributed by atoms with van der Waals surface area (Å²) >= 11 is 0. The fourth-order valence-electron chi connectivity index (χ4n) is 2.21. The molecule has 0 unspecified atom stereocenters. The zero-order valence-corrected chi connectivity index (χ0v) is 11.7. The van der Waals surface area contributed by atoms with E-state index in [2.05, 4.69) is 30.5 Å². The molecule has 8 heteroatoms. The van der Waals surface area contributed by atoms with E-state index in [0.717, 1.165) is 12.8 Å². The molecule has 3 heterocycles. The Labute approximate surface area is 121 Å². The van der Waals surface area contributed by atoms with Gasteiger partial charge in [-0.15, -0.1) is 0 Å². The van der Waals surface area contributed by atoms with Gasteiger partial charge >= 0.3 is 0 Å². The van der Waals surface area contributed by atoms with Crippen molar-refractivity contribution in [2.75, 3.05) is 6.61 Å². The summed E-state index contributed by atoms with van der Waals surface area (Å²) in [6, 6.07) is 0. The molecule has 0 bridgehead atoms. The van der Waals surface area contributed by atoms with E-state index in [1.54, 1.807) is 25.5 Å². The Morgan fingerprint density at radius 3 is 3.14 bits per heavy atom. The van der Waals surface area contributed by atoms with E-state index in [1.165, 1.54) is 0 Å². The largest absolute Gasteiger partial charge is 0.365 e. The molecule has 2 aromatic rings. The monoisotopic (exact) mass is 288 g/mol. The van der Waals surface area contributed by atoms with E-state index in [1.807, 2.05) is 0 Å². The van der Waals surface area contributed by atoms with E-state index in [0.29, 0.717) is 23.9 Å². The Kier molecular flexibility index (Phi) is 3.61. The normalized spacial score (nSPS) is 21.4. The average molecular weight is 288 g/mol. The van der Waals surface area contributed by atoms with Crippen LogP contribution in [0.2, 0.25) is 0 Å². The number of H-pyrrole nitrogens is 1. The predicted octanol–water partition coefficient (Wildman–Crippen LogP) is 0.447. The molecule has 8 nitrogen and oxygen atoms in total. The van der Waals surface area contributed by atoms with E-state index in [-0.39, 0.29) is 12.5 Å². The lowest BCUT2D eigenvalue weighted by Gasteiger charge is -2.21. The molecule has 1 amide bonds. The highest BCUT2D eigenvalue weighted by Crippen LogP contribution is 2.25. The molecule has 1 aliphatic rings. The summed E-state index contributed by atoms with van der Waals surface area (Å²) in [5, 5.41) is 9.65. The second-order valence-electron chi connectivity index (χ2n) is 5.06. The van der Waals surface area contributed by atoms with E-state index in [4.69, 9.17) is 4.74 Å². The van der Waals surface area contributed by atoms with Gasteiger partial charge in [0.15, 0.2) is 0 Å². The Morgan fingerprint density at radius 1 is 1.52 bits per heavy atom. The van der Waals surface area contributed by atoms with Gasteiger partial charge in [0.1, 0.15) is 17.1 Å². The Balaban J connectivity index is 1.62. The molecule has 2 N–H and O–H groups in total. The molecule has 1 atom stereocenters. The zero-order chi connectivity index (χ0) is 14.7. The minimum atomic E-state index is -0.728. The summed E-state index contributed by atoms with van der Waals surface area (Å²) < 4.78 is 5.49. The highest BCUT2D eigenvalue weighted by atomic mass is 16.5. The van der Waals surface area contributed by atoms with E-state index < -0.39 is 5.60 Å². The summed E-state index contributed by atoms with van der Waals surface area (Å²) in [5.74, 6) is 0.888. The number of ether oxygens (including phenoxy) is 1. The van der Waals surface area contributed by atoms with Crippen molar-refractivity contribution in [2.45, 2.75) is 31.9 Å². The van der Waals surface area contributed by atoms with Crippen LogP contribution in [0.15, 0.2) is 18.6 Å². The lowest BCUT2D eigenvalue weighted by molar-refractivity contribution is -0.139. The first-order valence-corrected chi connectivity index (χ1v) is 6.77. The van der Waals surface area contributed by atoms with Gasteiger partial charge in [-0.3, -0.25) is 14.9 Å². The van der Waals surface area contributed by atoms with Crippen molar-refractivity contribution in [1.82, 2.24) is 30.5 Å². The molecule has 0 saturated carbocycles. The predicted molar refractivity (Wildman–Crippen MR) is 72.8 cm³/mol. The molecule has 1 aliphatic heterocycles. The van der Waals surface area contributed by atoms with Gasteiger partial charge in [0.2, 0.25) is 5.82 Å². The van der Waals surface area contributed by atoms with Crippen molar-refractivity contribution in [3.05, 3.63) is 24.4 Å². The number of aromatic amines is 1. The van der Waals surface area contributed by atoms with Gasteiger partial charge in [0, 0.05) is 19.0 Å². The first-order chi connectivity index (χ1) is 10.2.